The number of hydrogen-bond donors (Lipinski definition) is 2. The highest BCUT2D eigenvalue weighted by atomic mass is 16.5. The molecule has 0 heterocycles. The van der Waals surface area contributed by atoms with E-state index >= 15 is 0 Å². The van der Waals surface area contributed by atoms with Gasteiger partial charge in [0.1, 0.15) is 0 Å². The van der Waals surface area contributed by atoms with Crippen LogP contribution in [0, 0.1) is 5.41 Å². The van der Waals surface area contributed by atoms with Crippen molar-refractivity contribution >= 4 is 17.3 Å². The summed E-state index contributed by atoms with van der Waals surface area (Å²) < 4.78 is 0. The Hall–Kier alpha value is -2.33. The van der Waals surface area contributed by atoms with Crippen LogP contribution in [0.1, 0.15) is 51.7 Å². The largest absolute Gasteiger partial charge is 0.356 e. The molecule has 26 heavy (non-hydrogen) atoms. The Morgan fingerprint density at radius 3 is 2.00 bits per heavy atom. The third-order valence-corrected chi connectivity index (χ3v) is 5.08. The predicted molar refractivity (Wildman–Crippen MR) is 105 cm³/mol. The van der Waals surface area contributed by atoms with Gasteiger partial charge in [0.15, 0.2) is 0 Å². The lowest BCUT2D eigenvalue weighted by atomic mass is 9.87. The van der Waals surface area contributed by atoms with Gasteiger partial charge in [-0.1, -0.05) is 52.0 Å². The molecule has 1 saturated carbocycles. The Morgan fingerprint density at radius 2 is 1.54 bits per heavy atom. The third-order valence-electron chi connectivity index (χ3n) is 5.08. The second-order valence-electron chi connectivity index (χ2n) is 8.57. The highest BCUT2D eigenvalue weighted by Gasteiger charge is 2.47. The molecule has 3 rings (SSSR count). The molecule has 2 N–H and O–H groups in total. The molecule has 138 valence electrons. The van der Waals surface area contributed by atoms with Crippen molar-refractivity contribution in [3.05, 3.63) is 59.7 Å². The van der Waals surface area contributed by atoms with Crippen LogP contribution in [-0.2, 0) is 16.8 Å². The molecule has 1 aliphatic rings. The van der Waals surface area contributed by atoms with Gasteiger partial charge in [-0.05, 0) is 53.6 Å². The Labute approximate surface area is 155 Å². The summed E-state index contributed by atoms with van der Waals surface area (Å²) in [5.41, 5.74) is 4.00. The molecule has 1 aliphatic carbocycles. The normalized spacial score (nSPS) is 15.4. The highest BCUT2D eigenvalue weighted by Crippen LogP contribution is 2.46. The molecule has 2 aromatic carbocycles. The first-order valence-electron chi connectivity index (χ1n) is 9.15. The van der Waals surface area contributed by atoms with Crippen LogP contribution in [-0.4, -0.2) is 16.2 Å². The molecule has 4 nitrogen and oxygen atoms in total. The van der Waals surface area contributed by atoms with Crippen molar-refractivity contribution in [1.29, 1.82) is 0 Å². The van der Waals surface area contributed by atoms with Crippen molar-refractivity contribution in [3.63, 3.8) is 0 Å². The first kappa shape index (κ1) is 18.5. The maximum Gasteiger partial charge on any atom is 0.252 e. The lowest BCUT2D eigenvalue weighted by Gasteiger charge is -2.20. The van der Waals surface area contributed by atoms with E-state index in [1.54, 1.807) is 0 Å². The van der Waals surface area contributed by atoms with Gasteiger partial charge >= 0.3 is 0 Å². The highest BCUT2D eigenvalue weighted by molar-refractivity contribution is 5.83. The van der Waals surface area contributed by atoms with Gasteiger partial charge in [0.05, 0.1) is 6.54 Å². The fraction of sp³-hybridized carbons (Fsp3) is 0.409. The molecule has 0 aromatic heterocycles. The summed E-state index contributed by atoms with van der Waals surface area (Å²) in [6.07, 6.45) is 1.72. The number of rotatable bonds is 5. The van der Waals surface area contributed by atoms with Crippen molar-refractivity contribution < 1.29 is 10.0 Å². The number of nitrogens with zero attached hydrogens (tertiary/aromatic N) is 1. The molecule has 0 spiro atoms. The van der Waals surface area contributed by atoms with E-state index in [1.165, 1.54) is 5.56 Å². The molecule has 0 atom stereocenters. The maximum atomic E-state index is 12.1. The van der Waals surface area contributed by atoms with Crippen LogP contribution < -0.4 is 5.32 Å². The van der Waals surface area contributed by atoms with Crippen molar-refractivity contribution in [3.8, 4) is 0 Å². The van der Waals surface area contributed by atoms with E-state index < -0.39 is 0 Å². The van der Waals surface area contributed by atoms with Gasteiger partial charge in [0.25, 0.3) is 5.91 Å². The van der Waals surface area contributed by atoms with Crippen molar-refractivity contribution in [2.45, 2.75) is 52.5 Å². The quantitative estimate of drug-likeness (QED) is 0.571. The summed E-state index contributed by atoms with van der Waals surface area (Å²) >= 11 is 0. The Bertz CT molecular complexity index is 769. The summed E-state index contributed by atoms with van der Waals surface area (Å²) in [5.74, 6) is -0.182. The van der Waals surface area contributed by atoms with Crippen LogP contribution in [0.4, 0.5) is 11.4 Å². The van der Waals surface area contributed by atoms with E-state index in [2.05, 4.69) is 50.4 Å². The average Bonchev–Trinajstić information content (AvgIpc) is 3.34. The summed E-state index contributed by atoms with van der Waals surface area (Å²) in [6.45, 7) is 8.72. The van der Waals surface area contributed by atoms with Gasteiger partial charge in [0, 0.05) is 16.8 Å². The maximum absolute atomic E-state index is 12.1. The van der Waals surface area contributed by atoms with Crippen LogP contribution in [0.25, 0.3) is 0 Å². The minimum atomic E-state index is -0.352. The fourth-order valence-corrected chi connectivity index (χ4v) is 2.87. The van der Waals surface area contributed by atoms with Gasteiger partial charge in [-0.25, -0.2) is 5.06 Å². The van der Waals surface area contributed by atoms with Crippen molar-refractivity contribution in [2.24, 2.45) is 5.41 Å². The first-order valence-corrected chi connectivity index (χ1v) is 9.15. The van der Waals surface area contributed by atoms with E-state index in [9.17, 15) is 10.0 Å². The monoisotopic (exact) mass is 352 g/mol. The Balaban J connectivity index is 1.60. The molecule has 1 amide bonds. The molecule has 2 aromatic rings. The predicted octanol–water partition coefficient (Wildman–Crippen LogP) is 5.25. The lowest BCUT2D eigenvalue weighted by molar-refractivity contribution is -0.173. The van der Waals surface area contributed by atoms with Crippen LogP contribution in [0.15, 0.2) is 48.5 Å². The van der Waals surface area contributed by atoms with Gasteiger partial charge < -0.3 is 5.32 Å². The van der Waals surface area contributed by atoms with Gasteiger partial charge in [-0.15, -0.1) is 0 Å². The first-order chi connectivity index (χ1) is 12.2. The summed E-state index contributed by atoms with van der Waals surface area (Å²) in [6, 6.07) is 16.2. The lowest BCUT2D eigenvalue weighted by Crippen LogP contribution is -2.32. The number of amides is 1. The van der Waals surface area contributed by atoms with Crippen LogP contribution in [0.5, 0.6) is 0 Å². The zero-order valence-electron chi connectivity index (χ0n) is 16.0. The summed E-state index contributed by atoms with van der Waals surface area (Å²) in [7, 11) is 0. The van der Waals surface area contributed by atoms with E-state index in [-0.39, 0.29) is 23.3 Å². The summed E-state index contributed by atoms with van der Waals surface area (Å²) in [5, 5.41) is 14.2. The third kappa shape index (κ3) is 4.25. The minimum absolute atomic E-state index is 0.144. The van der Waals surface area contributed by atoms with Crippen molar-refractivity contribution in [2.75, 3.05) is 5.32 Å². The average molecular weight is 352 g/mol. The molecule has 4 heteroatoms. The molecular formula is C22H28N2O2. The number of anilines is 2. The molecular weight excluding hydrogens is 324 g/mol. The standard InChI is InChI=1S/C22H28N2O2/c1-21(2,3)17-7-11-19(12-8-17)23-18-9-5-16(6-10-18)15-24(26)20(25)22(4)13-14-22/h5-12,23,26H,13-15H2,1-4H3. The molecule has 0 radical (unpaired) electrons. The van der Waals surface area contributed by atoms with Crippen molar-refractivity contribution in [1.82, 2.24) is 5.06 Å². The van der Waals surface area contributed by atoms with Crippen LogP contribution in [0.2, 0.25) is 0 Å². The number of hydroxylamine groups is 2. The fourth-order valence-electron chi connectivity index (χ4n) is 2.87. The second-order valence-corrected chi connectivity index (χ2v) is 8.57. The molecule has 0 saturated heterocycles. The molecule has 0 bridgehead atoms. The zero-order valence-corrected chi connectivity index (χ0v) is 16.0. The van der Waals surface area contributed by atoms with Crippen LogP contribution >= 0.6 is 0 Å². The number of carbonyl (C=O) groups is 1. The van der Waals surface area contributed by atoms with Gasteiger partial charge in [-0.3, -0.25) is 10.0 Å². The molecule has 0 aliphatic heterocycles. The smallest absolute Gasteiger partial charge is 0.252 e. The van der Waals surface area contributed by atoms with Crippen LogP contribution in [0.3, 0.4) is 0 Å². The van der Waals surface area contributed by atoms with E-state index in [0.29, 0.717) is 0 Å². The summed E-state index contributed by atoms with van der Waals surface area (Å²) in [4.78, 5) is 12.1. The SMILES string of the molecule is CC1(C(=O)N(O)Cc2ccc(Nc3ccc(C(C)(C)C)cc3)cc2)CC1. The Kier molecular flexibility index (Phi) is 4.80. The zero-order chi connectivity index (χ0) is 18.9. The minimum Gasteiger partial charge on any atom is -0.356 e. The second kappa shape index (κ2) is 6.76. The Morgan fingerprint density at radius 1 is 1.04 bits per heavy atom. The topological polar surface area (TPSA) is 52.6 Å². The van der Waals surface area contributed by atoms with E-state index in [0.717, 1.165) is 34.8 Å². The number of carbonyl (C=O) groups excluding carboxylic acids is 1. The molecule has 1 fully saturated rings. The van der Waals surface area contributed by atoms with E-state index in [4.69, 9.17) is 0 Å². The van der Waals surface area contributed by atoms with E-state index in [1.807, 2.05) is 31.2 Å². The number of nitrogens with one attached hydrogen (secondary N) is 1. The molecule has 0 unspecified atom stereocenters. The van der Waals surface area contributed by atoms with Gasteiger partial charge in [0.2, 0.25) is 0 Å². The van der Waals surface area contributed by atoms with Gasteiger partial charge in [-0.2, -0.15) is 0 Å². The number of benzene rings is 2. The number of hydrogen-bond acceptors (Lipinski definition) is 3.